The molecule has 3 aromatic rings. The fourth-order valence-electron chi connectivity index (χ4n) is 3.78. The maximum absolute atomic E-state index is 13.9. The highest BCUT2D eigenvalue weighted by atomic mass is 32.2. The first-order valence-electron chi connectivity index (χ1n) is 11.5. The van der Waals surface area contributed by atoms with Crippen molar-refractivity contribution >= 4 is 21.5 Å². The summed E-state index contributed by atoms with van der Waals surface area (Å²) >= 11 is 0. The highest BCUT2D eigenvalue weighted by Crippen LogP contribution is 2.29. The number of halogens is 1. The molecule has 6 nitrogen and oxygen atoms in total. The van der Waals surface area contributed by atoms with Crippen LogP contribution in [0.4, 0.5) is 10.1 Å². The van der Waals surface area contributed by atoms with Gasteiger partial charge in [0.15, 0.2) is 0 Å². The number of Topliss-reactive ketones (excluding diaryl/α,β-unsaturated/α-hetero) is 1. The Hall–Kier alpha value is -3.23. The van der Waals surface area contributed by atoms with E-state index in [1.165, 1.54) is 18.2 Å². The number of hydrogen-bond acceptors (Lipinski definition) is 5. The molecule has 0 amide bonds. The summed E-state index contributed by atoms with van der Waals surface area (Å²) in [5.74, 6) is -0.914. The van der Waals surface area contributed by atoms with E-state index in [-0.39, 0.29) is 41.8 Å². The van der Waals surface area contributed by atoms with Crippen LogP contribution in [0.5, 0.6) is 5.75 Å². The molecule has 0 bridgehead atoms. The van der Waals surface area contributed by atoms with Gasteiger partial charge in [0, 0.05) is 6.42 Å². The van der Waals surface area contributed by atoms with Crippen molar-refractivity contribution in [3.63, 3.8) is 0 Å². The Balaban J connectivity index is 1.70. The molecule has 0 spiro atoms. The highest BCUT2D eigenvalue weighted by molar-refractivity contribution is 7.92. The predicted molar refractivity (Wildman–Crippen MR) is 134 cm³/mol. The highest BCUT2D eigenvalue weighted by Gasteiger charge is 2.22. The van der Waals surface area contributed by atoms with Crippen LogP contribution in [0.2, 0.25) is 0 Å². The van der Waals surface area contributed by atoms with Crippen molar-refractivity contribution in [2.45, 2.75) is 43.9 Å². The molecule has 35 heavy (non-hydrogen) atoms. The number of rotatable bonds is 12. The van der Waals surface area contributed by atoms with Gasteiger partial charge in [-0.25, -0.2) is 12.8 Å². The van der Waals surface area contributed by atoms with Crippen molar-refractivity contribution in [3.05, 3.63) is 89.2 Å². The number of benzene rings is 3. The fourth-order valence-corrected chi connectivity index (χ4v) is 4.96. The lowest BCUT2D eigenvalue weighted by molar-refractivity contribution is -0.121. The number of carbonyl (C=O) groups excluding carboxylic acids is 1. The van der Waals surface area contributed by atoms with E-state index in [9.17, 15) is 22.7 Å². The molecule has 8 heteroatoms. The molecule has 2 N–H and O–H groups in total. The average Bonchev–Trinajstić information content (AvgIpc) is 2.83. The Bertz CT molecular complexity index is 1260. The zero-order valence-electron chi connectivity index (χ0n) is 19.8. The number of hydrogen-bond donors (Lipinski definition) is 2. The maximum atomic E-state index is 13.9. The van der Waals surface area contributed by atoms with Gasteiger partial charge >= 0.3 is 0 Å². The Morgan fingerprint density at radius 1 is 1.09 bits per heavy atom. The van der Waals surface area contributed by atoms with Crippen molar-refractivity contribution in [1.29, 1.82) is 0 Å². The summed E-state index contributed by atoms with van der Waals surface area (Å²) in [4.78, 5) is 12.6. The van der Waals surface area contributed by atoms with E-state index in [0.717, 1.165) is 17.2 Å². The van der Waals surface area contributed by atoms with E-state index in [1.807, 2.05) is 30.3 Å². The number of nitrogens with one attached hydrogen (secondary N) is 1. The first-order valence-corrected chi connectivity index (χ1v) is 13.0. The van der Waals surface area contributed by atoms with Crippen LogP contribution in [0.15, 0.2) is 71.6 Å². The molecule has 0 unspecified atom stereocenters. The van der Waals surface area contributed by atoms with Gasteiger partial charge in [0.1, 0.15) is 22.2 Å². The van der Waals surface area contributed by atoms with Gasteiger partial charge in [0.05, 0.1) is 24.8 Å². The molecule has 0 aliphatic carbocycles. The summed E-state index contributed by atoms with van der Waals surface area (Å²) < 4.78 is 47.8. The third kappa shape index (κ3) is 6.90. The lowest BCUT2D eigenvalue weighted by atomic mass is 9.92. The van der Waals surface area contributed by atoms with E-state index in [1.54, 1.807) is 26.0 Å². The third-order valence-corrected chi connectivity index (χ3v) is 7.10. The molecule has 0 fully saturated rings. The summed E-state index contributed by atoms with van der Waals surface area (Å²) in [6.07, 6.45) is 1.36. The molecule has 3 aromatic carbocycles. The molecule has 0 aliphatic heterocycles. The van der Waals surface area contributed by atoms with Gasteiger partial charge in [0.25, 0.3) is 10.0 Å². The lowest BCUT2D eigenvalue weighted by Crippen LogP contribution is -2.16. The average molecular weight is 500 g/mol. The molecule has 0 radical (unpaired) electrons. The zero-order chi connectivity index (χ0) is 25.4. The lowest BCUT2D eigenvalue weighted by Gasteiger charge is -2.15. The number of carbonyl (C=O) groups is 1. The van der Waals surface area contributed by atoms with Crippen molar-refractivity contribution in [1.82, 2.24) is 0 Å². The number of ether oxygens (including phenoxy) is 1. The van der Waals surface area contributed by atoms with E-state index in [4.69, 9.17) is 4.74 Å². The number of anilines is 1. The fraction of sp³-hybridized carbons (Fsp3) is 0.296. The van der Waals surface area contributed by atoms with Gasteiger partial charge in [-0.05, 0) is 67.6 Å². The quantitative estimate of drug-likeness (QED) is 0.366. The summed E-state index contributed by atoms with van der Waals surface area (Å²) in [6, 6.07) is 18.1. The molecule has 186 valence electrons. The second-order valence-corrected chi connectivity index (χ2v) is 9.90. The van der Waals surface area contributed by atoms with Crippen molar-refractivity contribution in [2.75, 3.05) is 17.9 Å². The predicted octanol–water partition coefficient (Wildman–Crippen LogP) is 5.00. The van der Waals surface area contributed by atoms with Crippen LogP contribution in [-0.2, 0) is 21.2 Å². The van der Waals surface area contributed by atoms with Gasteiger partial charge in [-0.1, -0.05) is 42.5 Å². The van der Waals surface area contributed by atoms with Crippen LogP contribution in [0.3, 0.4) is 0 Å². The smallest absolute Gasteiger partial charge is 0.265 e. The van der Waals surface area contributed by atoms with Crippen LogP contribution in [0.1, 0.15) is 42.4 Å². The topological polar surface area (TPSA) is 92.7 Å². The maximum Gasteiger partial charge on any atom is 0.265 e. The third-order valence-electron chi connectivity index (χ3n) is 5.68. The number of aryl methyl sites for hydroxylation is 2. The molecule has 0 aliphatic rings. The minimum absolute atomic E-state index is 0.0440. The summed E-state index contributed by atoms with van der Waals surface area (Å²) in [6.45, 7) is 3.36. The second-order valence-electron chi connectivity index (χ2n) is 8.25. The standard InChI is InChI=1S/C27H30FNO5S/c1-3-34-26-16-20(8-7-11-25(31)23(18-30)21-9-5-4-6-10-21)13-15-27(26)35(32,33)29-22-14-12-19(2)24(28)17-22/h4-6,9-10,12-17,23,29-30H,3,7-8,11,18H2,1-2H3/t23-/m0/s1. The van der Waals surface area contributed by atoms with E-state index < -0.39 is 21.8 Å². The van der Waals surface area contributed by atoms with Gasteiger partial charge in [-0.15, -0.1) is 0 Å². The molecular weight excluding hydrogens is 469 g/mol. The first kappa shape index (κ1) is 26.4. The Morgan fingerprint density at radius 3 is 2.49 bits per heavy atom. The van der Waals surface area contributed by atoms with Crippen LogP contribution in [0.25, 0.3) is 0 Å². The van der Waals surface area contributed by atoms with Gasteiger partial charge in [-0.3, -0.25) is 9.52 Å². The molecule has 0 heterocycles. The van der Waals surface area contributed by atoms with Crippen molar-refractivity contribution in [3.8, 4) is 5.75 Å². The Morgan fingerprint density at radius 2 is 1.83 bits per heavy atom. The summed E-state index contributed by atoms with van der Waals surface area (Å²) in [5.41, 5.74) is 2.14. The molecule has 0 aromatic heterocycles. The van der Waals surface area contributed by atoms with E-state index >= 15 is 0 Å². The van der Waals surface area contributed by atoms with Gasteiger partial charge < -0.3 is 9.84 Å². The normalized spacial score (nSPS) is 12.2. The summed E-state index contributed by atoms with van der Waals surface area (Å²) in [7, 11) is -4.02. The number of ketones is 1. The number of aliphatic hydroxyl groups excluding tert-OH is 1. The van der Waals surface area contributed by atoms with Gasteiger partial charge in [0.2, 0.25) is 0 Å². The Labute approximate surface area is 205 Å². The number of aliphatic hydroxyl groups is 1. The van der Waals surface area contributed by atoms with E-state index in [2.05, 4.69) is 4.72 Å². The second kappa shape index (κ2) is 12.0. The van der Waals surface area contributed by atoms with Crippen molar-refractivity contribution < 1.29 is 27.4 Å². The van der Waals surface area contributed by atoms with Crippen LogP contribution in [0, 0.1) is 12.7 Å². The minimum atomic E-state index is -4.02. The van der Waals surface area contributed by atoms with Crippen LogP contribution in [-0.4, -0.2) is 32.5 Å². The molecule has 1 atom stereocenters. The largest absolute Gasteiger partial charge is 0.492 e. The van der Waals surface area contributed by atoms with Crippen LogP contribution >= 0.6 is 0 Å². The van der Waals surface area contributed by atoms with E-state index in [0.29, 0.717) is 18.4 Å². The summed E-state index contributed by atoms with van der Waals surface area (Å²) in [5, 5.41) is 9.68. The molecule has 3 rings (SSSR count). The minimum Gasteiger partial charge on any atom is -0.492 e. The first-order chi connectivity index (χ1) is 16.7. The van der Waals surface area contributed by atoms with Gasteiger partial charge in [-0.2, -0.15) is 0 Å². The van der Waals surface area contributed by atoms with Crippen LogP contribution < -0.4 is 9.46 Å². The molecule has 0 saturated carbocycles. The Kier molecular flexibility index (Phi) is 9.01. The molecule has 0 saturated heterocycles. The monoisotopic (exact) mass is 499 g/mol. The SMILES string of the molecule is CCOc1cc(CCCC(=O)[C@@H](CO)c2ccccc2)ccc1S(=O)(=O)Nc1ccc(C)c(F)c1. The van der Waals surface area contributed by atoms with Crippen molar-refractivity contribution in [2.24, 2.45) is 0 Å². The zero-order valence-corrected chi connectivity index (χ0v) is 20.6. The number of sulfonamides is 1. The molecular formula is C27H30FNO5S.